The first-order chi connectivity index (χ1) is 16.1. The largest absolute Gasteiger partial charge is 0.497 e. The number of aromatic nitrogens is 3. The van der Waals surface area contributed by atoms with E-state index in [2.05, 4.69) is 50.9 Å². The van der Waals surface area contributed by atoms with Gasteiger partial charge in [-0.1, -0.05) is 42.1 Å². The number of benzene rings is 2. The summed E-state index contributed by atoms with van der Waals surface area (Å²) in [6, 6.07) is 18.3. The van der Waals surface area contributed by atoms with Crippen LogP contribution in [-0.2, 0) is 17.9 Å². The summed E-state index contributed by atoms with van der Waals surface area (Å²) < 4.78 is 7.31. The van der Waals surface area contributed by atoms with E-state index < -0.39 is 0 Å². The van der Waals surface area contributed by atoms with Crippen molar-refractivity contribution in [3.63, 3.8) is 0 Å². The van der Waals surface area contributed by atoms with E-state index in [1.165, 1.54) is 17.3 Å². The van der Waals surface area contributed by atoms with Gasteiger partial charge in [0.25, 0.3) is 0 Å². The van der Waals surface area contributed by atoms with E-state index in [4.69, 9.17) is 4.74 Å². The highest BCUT2D eigenvalue weighted by molar-refractivity contribution is 8.00. The third-order valence-corrected chi connectivity index (χ3v) is 7.01. The van der Waals surface area contributed by atoms with Gasteiger partial charge in [-0.05, 0) is 43.7 Å². The second kappa shape index (κ2) is 10.9. The molecule has 3 aromatic rings. The molecule has 2 aromatic carbocycles. The fraction of sp³-hybridized carbons (Fsp3) is 0.400. The molecule has 4 rings (SSSR count). The minimum atomic E-state index is -0.219. The van der Waals surface area contributed by atoms with Gasteiger partial charge in [0, 0.05) is 44.8 Å². The predicted molar refractivity (Wildman–Crippen MR) is 131 cm³/mol. The second-order valence-electron chi connectivity index (χ2n) is 8.13. The molecule has 0 unspecified atom stereocenters. The van der Waals surface area contributed by atoms with Crippen molar-refractivity contribution in [3.05, 3.63) is 60.2 Å². The van der Waals surface area contributed by atoms with E-state index in [9.17, 15) is 4.79 Å². The van der Waals surface area contributed by atoms with Crippen LogP contribution in [0.5, 0.6) is 5.75 Å². The van der Waals surface area contributed by atoms with Gasteiger partial charge < -0.3 is 14.2 Å². The summed E-state index contributed by atoms with van der Waals surface area (Å²) in [6.07, 6.45) is 0. The van der Waals surface area contributed by atoms with Gasteiger partial charge in [0.15, 0.2) is 11.0 Å². The van der Waals surface area contributed by atoms with Crippen LogP contribution >= 0.6 is 11.8 Å². The lowest BCUT2D eigenvalue weighted by molar-refractivity contribution is -0.132. The minimum Gasteiger partial charge on any atom is -0.497 e. The number of methoxy groups -OCH3 is 1. The molecule has 0 radical (unpaired) electrons. The third-order valence-electron chi connectivity index (χ3n) is 5.94. The van der Waals surface area contributed by atoms with Crippen molar-refractivity contribution in [2.45, 2.75) is 37.3 Å². The van der Waals surface area contributed by atoms with Gasteiger partial charge in [-0.25, -0.2) is 0 Å². The summed E-state index contributed by atoms with van der Waals surface area (Å²) >= 11 is 1.48. The van der Waals surface area contributed by atoms with Gasteiger partial charge in [-0.15, -0.1) is 10.2 Å². The van der Waals surface area contributed by atoms with Crippen molar-refractivity contribution < 1.29 is 9.53 Å². The molecule has 0 spiro atoms. The maximum absolute atomic E-state index is 13.1. The Morgan fingerprint density at radius 3 is 2.36 bits per heavy atom. The van der Waals surface area contributed by atoms with E-state index in [1.54, 1.807) is 7.11 Å². The average Bonchev–Trinajstić information content (AvgIpc) is 3.27. The molecule has 8 heteroatoms. The SMILES string of the molecule is CCn1c(S[C@H](C)C(=O)N2CCN(Cc3ccccc3)CC2)nnc1-c1ccc(OC)cc1. The van der Waals surface area contributed by atoms with Gasteiger partial charge in [0.2, 0.25) is 5.91 Å². The van der Waals surface area contributed by atoms with Gasteiger partial charge in [-0.2, -0.15) is 0 Å². The second-order valence-corrected chi connectivity index (χ2v) is 9.43. The summed E-state index contributed by atoms with van der Waals surface area (Å²) in [5.41, 5.74) is 2.29. The summed E-state index contributed by atoms with van der Waals surface area (Å²) in [6.45, 7) is 9.00. The van der Waals surface area contributed by atoms with E-state index in [1.807, 2.05) is 42.2 Å². The third kappa shape index (κ3) is 5.57. The van der Waals surface area contributed by atoms with Crippen LogP contribution in [0.15, 0.2) is 59.8 Å². The van der Waals surface area contributed by atoms with Crippen LogP contribution in [-0.4, -0.2) is 69.0 Å². The summed E-state index contributed by atoms with van der Waals surface area (Å²) in [4.78, 5) is 17.5. The maximum atomic E-state index is 13.1. The molecule has 2 heterocycles. The summed E-state index contributed by atoms with van der Waals surface area (Å²) in [5.74, 6) is 1.77. The molecule has 0 bridgehead atoms. The Labute approximate surface area is 199 Å². The van der Waals surface area contributed by atoms with Gasteiger partial charge in [0.05, 0.1) is 12.4 Å². The zero-order valence-electron chi connectivity index (χ0n) is 19.5. The van der Waals surface area contributed by atoms with E-state index in [-0.39, 0.29) is 11.2 Å². The van der Waals surface area contributed by atoms with Gasteiger partial charge >= 0.3 is 0 Å². The Balaban J connectivity index is 1.35. The number of ether oxygens (including phenoxy) is 1. The van der Waals surface area contributed by atoms with Crippen LogP contribution in [0.25, 0.3) is 11.4 Å². The molecule has 174 valence electrons. The van der Waals surface area contributed by atoms with Crippen molar-refractivity contribution in [1.82, 2.24) is 24.6 Å². The molecule has 0 aliphatic carbocycles. The van der Waals surface area contributed by atoms with Crippen LogP contribution in [0.2, 0.25) is 0 Å². The lowest BCUT2D eigenvalue weighted by Crippen LogP contribution is -2.50. The molecule has 1 aromatic heterocycles. The quantitative estimate of drug-likeness (QED) is 0.472. The molecule has 1 atom stereocenters. The Hall–Kier alpha value is -2.84. The van der Waals surface area contributed by atoms with Crippen LogP contribution in [0.4, 0.5) is 0 Å². The Bertz CT molecular complexity index is 1050. The number of nitrogens with zero attached hydrogens (tertiary/aromatic N) is 5. The molecule has 1 amide bonds. The standard InChI is InChI=1S/C25H31N5O2S/c1-4-30-23(21-10-12-22(32-3)13-11-21)26-27-25(30)33-19(2)24(31)29-16-14-28(15-17-29)18-20-8-6-5-7-9-20/h5-13,19H,4,14-18H2,1-3H3/t19-/m1/s1. The molecule has 7 nitrogen and oxygen atoms in total. The van der Waals surface area contributed by atoms with E-state index >= 15 is 0 Å². The van der Waals surface area contributed by atoms with Gasteiger partial charge in [-0.3, -0.25) is 9.69 Å². The first-order valence-electron chi connectivity index (χ1n) is 11.4. The Morgan fingerprint density at radius 1 is 1.03 bits per heavy atom. The van der Waals surface area contributed by atoms with Crippen LogP contribution < -0.4 is 4.74 Å². The summed E-state index contributed by atoms with van der Waals surface area (Å²) in [5, 5.41) is 9.36. The average molecular weight is 466 g/mol. The molecule has 33 heavy (non-hydrogen) atoms. The smallest absolute Gasteiger partial charge is 0.235 e. The molecule has 0 N–H and O–H groups in total. The lowest BCUT2D eigenvalue weighted by Gasteiger charge is -2.35. The zero-order chi connectivity index (χ0) is 23.2. The number of thioether (sulfide) groups is 1. The molecular formula is C25H31N5O2S. The Kier molecular flexibility index (Phi) is 7.67. The first kappa shape index (κ1) is 23.3. The van der Waals surface area contributed by atoms with Crippen LogP contribution in [0.3, 0.4) is 0 Å². The minimum absolute atomic E-state index is 0.163. The highest BCUT2D eigenvalue weighted by Gasteiger charge is 2.27. The number of amides is 1. The monoisotopic (exact) mass is 465 g/mol. The highest BCUT2D eigenvalue weighted by atomic mass is 32.2. The number of rotatable bonds is 8. The molecule has 1 aliphatic heterocycles. The predicted octanol–water partition coefficient (Wildman–Crippen LogP) is 3.80. The zero-order valence-corrected chi connectivity index (χ0v) is 20.3. The maximum Gasteiger partial charge on any atom is 0.235 e. The topological polar surface area (TPSA) is 63.5 Å². The van der Waals surface area contributed by atoms with E-state index in [0.29, 0.717) is 0 Å². The normalized spacial score (nSPS) is 15.4. The van der Waals surface area contributed by atoms with Crippen molar-refractivity contribution in [3.8, 4) is 17.1 Å². The van der Waals surface area contributed by atoms with Crippen LogP contribution in [0.1, 0.15) is 19.4 Å². The fourth-order valence-corrected chi connectivity index (χ4v) is 5.05. The van der Waals surface area contributed by atoms with Crippen molar-refractivity contribution in [2.75, 3.05) is 33.3 Å². The summed E-state index contributed by atoms with van der Waals surface area (Å²) in [7, 11) is 1.65. The molecule has 0 saturated carbocycles. The number of carbonyl (C=O) groups is 1. The molecular weight excluding hydrogens is 434 g/mol. The number of hydrogen-bond donors (Lipinski definition) is 0. The van der Waals surface area contributed by atoms with Crippen molar-refractivity contribution >= 4 is 17.7 Å². The molecule has 1 aliphatic rings. The molecule has 1 fully saturated rings. The van der Waals surface area contributed by atoms with Crippen molar-refractivity contribution in [1.29, 1.82) is 0 Å². The molecule has 1 saturated heterocycles. The van der Waals surface area contributed by atoms with E-state index in [0.717, 1.165) is 61.6 Å². The first-order valence-corrected chi connectivity index (χ1v) is 12.3. The Morgan fingerprint density at radius 2 is 1.73 bits per heavy atom. The number of hydrogen-bond acceptors (Lipinski definition) is 6. The lowest BCUT2D eigenvalue weighted by atomic mass is 10.2. The number of carbonyl (C=O) groups excluding carboxylic acids is 1. The van der Waals surface area contributed by atoms with Crippen LogP contribution in [0, 0.1) is 0 Å². The fourth-order valence-electron chi connectivity index (χ4n) is 4.05. The highest BCUT2D eigenvalue weighted by Crippen LogP contribution is 2.28. The van der Waals surface area contributed by atoms with Crippen molar-refractivity contribution in [2.24, 2.45) is 0 Å². The van der Waals surface area contributed by atoms with Gasteiger partial charge in [0.1, 0.15) is 5.75 Å². The number of piperazine rings is 1.